The van der Waals surface area contributed by atoms with Crippen LogP contribution in [0.5, 0.6) is 0 Å². The van der Waals surface area contributed by atoms with Crippen molar-refractivity contribution in [2.45, 2.75) is 18.9 Å². The Balaban J connectivity index is 1.68. The molecule has 29 heavy (non-hydrogen) atoms. The number of imidazole rings is 1. The third-order valence-electron chi connectivity index (χ3n) is 5.43. The van der Waals surface area contributed by atoms with Crippen molar-refractivity contribution in [3.05, 3.63) is 46.5 Å². The highest BCUT2D eigenvalue weighted by Crippen LogP contribution is 2.45. The molecule has 3 heterocycles. The van der Waals surface area contributed by atoms with Gasteiger partial charge in [0.25, 0.3) is 0 Å². The van der Waals surface area contributed by atoms with Gasteiger partial charge in [-0.05, 0) is 40.3 Å². The summed E-state index contributed by atoms with van der Waals surface area (Å²) in [6, 6.07) is 10.6. The van der Waals surface area contributed by atoms with Crippen molar-refractivity contribution in [1.29, 1.82) is 0 Å². The van der Waals surface area contributed by atoms with E-state index in [1.54, 1.807) is 17.5 Å². The highest BCUT2D eigenvalue weighted by atomic mass is 79.9. The van der Waals surface area contributed by atoms with Crippen LogP contribution in [0.25, 0.3) is 33.0 Å². The van der Waals surface area contributed by atoms with Crippen molar-refractivity contribution in [3.63, 3.8) is 0 Å². The van der Waals surface area contributed by atoms with Crippen molar-refractivity contribution in [2.75, 3.05) is 11.9 Å². The number of anilines is 1. The minimum Gasteiger partial charge on any atom is -0.396 e. The molecule has 1 saturated carbocycles. The van der Waals surface area contributed by atoms with Gasteiger partial charge in [0, 0.05) is 37.7 Å². The van der Waals surface area contributed by atoms with E-state index in [-0.39, 0.29) is 6.61 Å². The number of aryl methyl sites for hydroxylation is 1. The van der Waals surface area contributed by atoms with Crippen molar-refractivity contribution in [1.82, 2.24) is 19.5 Å². The fourth-order valence-corrected chi connectivity index (χ4v) is 5.63. The Hall–Kier alpha value is -2.29. The number of benzene rings is 1. The Morgan fingerprint density at radius 2 is 2.03 bits per heavy atom. The van der Waals surface area contributed by atoms with Crippen molar-refractivity contribution in [2.24, 2.45) is 13.0 Å². The number of hydrogen-bond acceptors (Lipinski definition) is 6. The molecule has 0 radical (unpaired) electrons. The lowest BCUT2D eigenvalue weighted by molar-refractivity contribution is 0.151. The number of fused-ring (bicyclic) bond motifs is 1. The molecule has 1 fully saturated rings. The molecule has 0 spiro atoms. The van der Waals surface area contributed by atoms with Crippen LogP contribution in [0.2, 0.25) is 0 Å². The summed E-state index contributed by atoms with van der Waals surface area (Å²) in [6.45, 7) is 0.245. The standard InChI is InChI=1S/C21H20BrN5OS/c1-27-8-7-23-20(27)19-25-18(24-14-9-12(10-14)11-28)16-15(13-5-3-2-4-6-13)17(22)29-21(16)26-19/h2-8,12,14,28H,9-11H2,1H3,(H,24,25,26)/t12-,14+. The van der Waals surface area contributed by atoms with Crippen LogP contribution in [-0.2, 0) is 7.05 Å². The fraction of sp³-hybridized carbons (Fsp3) is 0.286. The number of nitrogens with zero attached hydrogens (tertiary/aromatic N) is 4. The molecule has 148 valence electrons. The van der Waals surface area contributed by atoms with Crippen LogP contribution < -0.4 is 5.32 Å². The van der Waals surface area contributed by atoms with Crippen LogP contribution in [0.4, 0.5) is 5.82 Å². The predicted octanol–water partition coefficient (Wildman–Crippen LogP) is 4.70. The molecular formula is C21H20BrN5OS. The molecule has 0 aliphatic heterocycles. The lowest BCUT2D eigenvalue weighted by Crippen LogP contribution is -2.37. The quantitative estimate of drug-likeness (QED) is 0.442. The lowest BCUT2D eigenvalue weighted by atomic mass is 9.81. The van der Waals surface area contributed by atoms with Crippen molar-refractivity contribution in [3.8, 4) is 22.8 Å². The summed E-state index contributed by atoms with van der Waals surface area (Å²) in [5, 5.41) is 14.0. The highest BCUT2D eigenvalue weighted by molar-refractivity contribution is 9.11. The third-order valence-corrected chi connectivity index (χ3v) is 7.18. The smallest absolute Gasteiger partial charge is 0.199 e. The van der Waals surface area contributed by atoms with Crippen LogP contribution in [0.1, 0.15) is 12.8 Å². The molecule has 1 aliphatic carbocycles. The largest absolute Gasteiger partial charge is 0.396 e. The van der Waals surface area contributed by atoms with Crippen LogP contribution in [0, 0.1) is 5.92 Å². The summed E-state index contributed by atoms with van der Waals surface area (Å²) in [4.78, 5) is 15.1. The number of aliphatic hydroxyl groups is 1. The van der Waals surface area contributed by atoms with E-state index in [0.29, 0.717) is 17.8 Å². The summed E-state index contributed by atoms with van der Waals surface area (Å²) in [5.74, 6) is 2.55. The SMILES string of the molecule is Cn1ccnc1-c1nc(N[C@H]2C[C@@H](CO)C2)c2c(-c3ccccc3)c(Br)sc2n1. The monoisotopic (exact) mass is 469 g/mol. The fourth-order valence-electron chi connectivity index (χ4n) is 3.82. The summed E-state index contributed by atoms with van der Waals surface area (Å²) in [7, 11) is 1.94. The third kappa shape index (κ3) is 3.35. The first kappa shape index (κ1) is 18.7. The number of aromatic nitrogens is 4. The predicted molar refractivity (Wildman–Crippen MR) is 120 cm³/mol. The maximum Gasteiger partial charge on any atom is 0.199 e. The zero-order valence-electron chi connectivity index (χ0n) is 15.8. The van der Waals surface area contributed by atoms with Crippen LogP contribution in [0.3, 0.4) is 0 Å². The second kappa shape index (κ2) is 7.51. The van der Waals surface area contributed by atoms with Crippen molar-refractivity contribution < 1.29 is 5.11 Å². The Morgan fingerprint density at radius 1 is 1.24 bits per heavy atom. The van der Waals surface area contributed by atoms with Gasteiger partial charge in [-0.3, -0.25) is 0 Å². The van der Waals surface area contributed by atoms with Gasteiger partial charge < -0.3 is 15.0 Å². The summed E-state index contributed by atoms with van der Waals surface area (Å²) in [5.41, 5.74) is 2.24. The second-order valence-electron chi connectivity index (χ2n) is 7.42. The number of rotatable bonds is 5. The highest BCUT2D eigenvalue weighted by Gasteiger charge is 2.30. The number of aliphatic hydroxyl groups excluding tert-OH is 1. The van der Waals surface area contributed by atoms with Crippen LogP contribution >= 0.6 is 27.3 Å². The van der Waals surface area contributed by atoms with E-state index in [1.165, 1.54) is 0 Å². The van der Waals surface area contributed by atoms with Gasteiger partial charge >= 0.3 is 0 Å². The number of hydrogen-bond donors (Lipinski definition) is 2. The van der Waals surface area contributed by atoms with Gasteiger partial charge in [-0.25, -0.2) is 15.0 Å². The van der Waals surface area contributed by atoms with E-state index in [1.807, 2.05) is 36.0 Å². The summed E-state index contributed by atoms with van der Waals surface area (Å²) < 4.78 is 2.96. The molecule has 8 heteroatoms. The van der Waals surface area contributed by atoms with E-state index in [0.717, 1.165) is 49.6 Å². The van der Waals surface area contributed by atoms with Crippen LogP contribution in [-0.4, -0.2) is 37.3 Å². The normalized spacial score (nSPS) is 18.7. The van der Waals surface area contributed by atoms with Gasteiger partial charge in [0.05, 0.1) is 9.17 Å². The van der Waals surface area contributed by atoms with Crippen molar-refractivity contribution >= 4 is 43.3 Å². The molecule has 3 aromatic heterocycles. The molecule has 0 bridgehead atoms. The molecule has 6 nitrogen and oxygen atoms in total. The Labute approximate surface area is 180 Å². The minimum absolute atomic E-state index is 0.245. The maximum atomic E-state index is 9.37. The van der Waals surface area contributed by atoms with Gasteiger partial charge in [-0.2, -0.15) is 0 Å². The number of nitrogens with one attached hydrogen (secondary N) is 1. The molecule has 0 unspecified atom stereocenters. The van der Waals surface area contributed by atoms with Gasteiger partial charge in [-0.15, -0.1) is 11.3 Å². The zero-order chi connectivity index (χ0) is 20.0. The first-order chi connectivity index (χ1) is 14.1. The first-order valence-electron chi connectivity index (χ1n) is 9.54. The van der Waals surface area contributed by atoms with E-state index in [4.69, 9.17) is 9.97 Å². The molecule has 2 N–H and O–H groups in total. The average molecular weight is 470 g/mol. The molecule has 5 rings (SSSR count). The Bertz CT molecular complexity index is 1170. The Morgan fingerprint density at radius 3 is 2.72 bits per heavy atom. The molecule has 4 aromatic rings. The average Bonchev–Trinajstić information content (AvgIpc) is 3.27. The topological polar surface area (TPSA) is 75.9 Å². The molecule has 0 amide bonds. The lowest BCUT2D eigenvalue weighted by Gasteiger charge is -2.35. The van der Waals surface area contributed by atoms with Gasteiger partial charge in [0.2, 0.25) is 0 Å². The number of thiophene rings is 1. The summed E-state index contributed by atoms with van der Waals surface area (Å²) in [6.07, 6.45) is 5.55. The Kier molecular flexibility index (Phi) is 4.85. The van der Waals surface area contributed by atoms with E-state index >= 15 is 0 Å². The molecule has 1 aromatic carbocycles. The van der Waals surface area contributed by atoms with Gasteiger partial charge in [0.15, 0.2) is 11.6 Å². The molecular weight excluding hydrogens is 450 g/mol. The van der Waals surface area contributed by atoms with Gasteiger partial charge in [0.1, 0.15) is 10.6 Å². The van der Waals surface area contributed by atoms with Crippen LogP contribution in [0.15, 0.2) is 46.5 Å². The molecule has 1 aliphatic rings. The van der Waals surface area contributed by atoms with E-state index < -0.39 is 0 Å². The first-order valence-corrected chi connectivity index (χ1v) is 11.2. The molecule has 0 saturated heterocycles. The minimum atomic E-state index is 0.245. The number of halogens is 1. The van der Waals surface area contributed by atoms with E-state index in [2.05, 4.69) is 38.4 Å². The van der Waals surface area contributed by atoms with E-state index in [9.17, 15) is 5.11 Å². The summed E-state index contributed by atoms with van der Waals surface area (Å²) >= 11 is 5.37. The zero-order valence-corrected chi connectivity index (χ0v) is 18.2. The second-order valence-corrected chi connectivity index (χ2v) is 9.73. The van der Waals surface area contributed by atoms with Gasteiger partial charge in [-0.1, -0.05) is 30.3 Å². The maximum absolute atomic E-state index is 9.37. The molecule has 0 atom stereocenters.